The van der Waals surface area contributed by atoms with E-state index in [-0.39, 0.29) is 23.6 Å². The van der Waals surface area contributed by atoms with Crippen LogP contribution in [-0.4, -0.2) is 26.9 Å². The first-order valence-electron chi connectivity index (χ1n) is 9.12. The molecule has 1 fully saturated rings. The van der Waals surface area contributed by atoms with E-state index in [1.165, 1.54) is 0 Å². The summed E-state index contributed by atoms with van der Waals surface area (Å²) < 4.78 is 22.5. The monoisotopic (exact) mass is 385 g/mol. The highest BCUT2D eigenvalue weighted by molar-refractivity contribution is 7.88. The number of nitrogens with zero attached hydrogens (tertiary/aromatic N) is 1. The van der Waals surface area contributed by atoms with Crippen molar-refractivity contribution in [1.82, 2.24) is 0 Å². The number of anilines is 2. The third-order valence-corrected chi connectivity index (χ3v) is 5.73. The molecule has 1 aliphatic carbocycles. The number of hydrogen-bond acceptors (Lipinski definition) is 4. The zero-order valence-corrected chi connectivity index (χ0v) is 16.0. The number of sulfonamides is 1. The Hall–Kier alpha value is -2.38. The molecule has 142 valence electrons. The van der Waals surface area contributed by atoms with Gasteiger partial charge in [0.1, 0.15) is 0 Å². The number of rotatable bonds is 4. The molecule has 0 spiro atoms. The summed E-state index contributed by atoms with van der Waals surface area (Å²) >= 11 is 0. The summed E-state index contributed by atoms with van der Waals surface area (Å²) in [5, 5.41) is 8.55. The Balaban J connectivity index is 1.65. The van der Waals surface area contributed by atoms with Gasteiger partial charge in [0.15, 0.2) is 0 Å². The highest BCUT2D eigenvalue weighted by atomic mass is 32.2. The minimum absolute atomic E-state index is 0.171. The van der Waals surface area contributed by atoms with E-state index in [0.29, 0.717) is 12.1 Å². The van der Waals surface area contributed by atoms with Crippen LogP contribution in [0.2, 0.25) is 0 Å². The molecule has 0 saturated heterocycles. The van der Waals surface area contributed by atoms with E-state index in [4.69, 9.17) is 5.14 Å². The van der Waals surface area contributed by atoms with Crippen LogP contribution in [0.3, 0.4) is 0 Å². The predicted octanol–water partition coefficient (Wildman–Crippen LogP) is 2.70. The number of nitrogens with two attached hydrogens (primary N) is 1. The van der Waals surface area contributed by atoms with Gasteiger partial charge in [-0.25, -0.2) is 13.6 Å². The van der Waals surface area contributed by atoms with Crippen molar-refractivity contribution in [3.63, 3.8) is 0 Å². The number of hydrogen-bond donors (Lipinski definition) is 2. The lowest BCUT2D eigenvalue weighted by molar-refractivity contribution is -0.119. The normalized spacial score (nSPS) is 19.3. The maximum absolute atomic E-state index is 12.7. The van der Waals surface area contributed by atoms with E-state index < -0.39 is 10.0 Å². The number of carbonyl (C=O) groups excluding carboxylic acids is 1. The van der Waals surface area contributed by atoms with Crippen LogP contribution in [0.15, 0.2) is 42.5 Å². The molecule has 2 aromatic carbocycles. The van der Waals surface area contributed by atoms with Crippen LogP contribution in [0, 0.1) is 5.92 Å². The van der Waals surface area contributed by atoms with Gasteiger partial charge >= 0.3 is 0 Å². The van der Waals surface area contributed by atoms with Gasteiger partial charge in [-0.15, -0.1) is 0 Å². The first-order chi connectivity index (χ1) is 12.8. The van der Waals surface area contributed by atoms with Crippen LogP contribution in [0.4, 0.5) is 11.4 Å². The zero-order chi connectivity index (χ0) is 19.2. The van der Waals surface area contributed by atoms with Crippen molar-refractivity contribution in [2.45, 2.75) is 31.6 Å². The Labute approximate surface area is 159 Å². The molecule has 2 aromatic rings. The largest absolute Gasteiger partial charge is 0.379 e. The fourth-order valence-electron chi connectivity index (χ4n) is 3.52. The Morgan fingerprint density at radius 1 is 1.15 bits per heavy atom. The zero-order valence-electron chi connectivity index (χ0n) is 15.2. The lowest BCUT2D eigenvalue weighted by Crippen LogP contribution is -2.44. The number of fused-ring (bicyclic) bond motifs is 1. The molecule has 27 heavy (non-hydrogen) atoms. The molecule has 4 rings (SSSR count). The van der Waals surface area contributed by atoms with E-state index in [9.17, 15) is 13.2 Å². The molecular formula is C20H23N3O3S. The van der Waals surface area contributed by atoms with Gasteiger partial charge in [-0.3, -0.25) is 4.79 Å². The smallest absolute Gasteiger partial charge is 0.230 e. The summed E-state index contributed by atoms with van der Waals surface area (Å²) in [7, 11) is -3.54. The Morgan fingerprint density at radius 2 is 1.81 bits per heavy atom. The molecule has 7 heteroatoms. The molecule has 1 amide bonds. The summed E-state index contributed by atoms with van der Waals surface area (Å²) in [6.07, 6.45) is 1.97. The van der Waals surface area contributed by atoms with Gasteiger partial charge in [0, 0.05) is 18.5 Å². The van der Waals surface area contributed by atoms with Crippen molar-refractivity contribution in [2.75, 3.05) is 16.8 Å². The maximum Gasteiger partial charge on any atom is 0.230 e. The lowest BCUT2D eigenvalue weighted by Gasteiger charge is -2.35. The topological polar surface area (TPSA) is 92.5 Å². The van der Waals surface area contributed by atoms with Crippen molar-refractivity contribution in [3.05, 3.63) is 48.0 Å². The Kier molecular flexibility index (Phi) is 4.44. The fourth-order valence-corrected chi connectivity index (χ4v) is 4.18. The van der Waals surface area contributed by atoms with E-state index in [0.717, 1.165) is 35.3 Å². The Bertz CT molecular complexity index is 982. The van der Waals surface area contributed by atoms with E-state index in [1.54, 1.807) is 12.1 Å². The Morgan fingerprint density at radius 3 is 2.44 bits per heavy atom. The van der Waals surface area contributed by atoms with Crippen LogP contribution in [0.1, 0.15) is 25.3 Å². The van der Waals surface area contributed by atoms with Gasteiger partial charge in [0.05, 0.1) is 17.1 Å². The van der Waals surface area contributed by atoms with Gasteiger partial charge in [0.2, 0.25) is 15.9 Å². The van der Waals surface area contributed by atoms with E-state index in [1.807, 2.05) is 35.2 Å². The molecule has 1 aliphatic heterocycles. The lowest BCUT2D eigenvalue weighted by atomic mass is 10.0. The predicted molar refractivity (Wildman–Crippen MR) is 107 cm³/mol. The molecular weight excluding hydrogens is 362 g/mol. The summed E-state index contributed by atoms with van der Waals surface area (Å²) in [6, 6.07) is 13.6. The van der Waals surface area contributed by atoms with Crippen molar-refractivity contribution >= 4 is 27.3 Å². The van der Waals surface area contributed by atoms with Crippen LogP contribution in [-0.2, 0) is 20.6 Å². The maximum atomic E-state index is 12.7. The SMILES string of the molecule is C[C@H]1CN(C(=O)C2CC2)c2cc(-c3ccc(CS(N)(=O)=O)cc3)ccc2N1. The minimum Gasteiger partial charge on any atom is -0.379 e. The first kappa shape index (κ1) is 18.0. The van der Waals surface area contributed by atoms with Gasteiger partial charge in [0.25, 0.3) is 0 Å². The molecule has 0 aromatic heterocycles. The van der Waals surface area contributed by atoms with Gasteiger partial charge in [-0.2, -0.15) is 0 Å². The average Bonchev–Trinajstić information content (AvgIpc) is 3.44. The van der Waals surface area contributed by atoms with Gasteiger partial charge < -0.3 is 10.2 Å². The third kappa shape index (κ3) is 3.99. The van der Waals surface area contributed by atoms with Crippen molar-refractivity contribution in [3.8, 4) is 11.1 Å². The number of nitrogens with one attached hydrogen (secondary N) is 1. The molecule has 0 radical (unpaired) electrons. The molecule has 0 unspecified atom stereocenters. The van der Waals surface area contributed by atoms with Crippen molar-refractivity contribution in [2.24, 2.45) is 11.1 Å². The second-order valence-electron chi connectivity index (χ2n) is 7.50. The fraction of sp³-hybridized carbons (Fsp3) is 0.350. The van der Waals surface area contributed by atoms with E-state index >= 15 is 0 Å². The summed E-state index contributed by atoms with van der Waals surface area (Å²) in [5.41, 5.74) is 4.49. The molecule has 3 N–H and O–H groups in total. The standard InChI is InChI=1S/C20H23N3O3S/c1-13-11-23(20(24)16-6-7-16)19-10-17(8-9-18(19)22-13)15-4-2-14(3-5-15)12-27(21,25)26/h2-5,8-10,13,16,22H,6-7,11-12H2,1H3,(H2,21,25,26)/t13-/m0/s1. The average molecular weight is 385 g/mol. The summed E-state index contributed by atoms with van der Waals surface area (Å²) in [5.74, 6) is 0.206. The first-order valence-corrected chi connectivity index (χ1v) is 10.8. The van der Waals surface area contributed by atoms with Crippen LogP contribution in [0.5, 0.6) is 0 Å². The van der Waals surface area contributed by atoms with Gasteiger partial charge in [-0.05, 0) is 48.6 Å². The third-order valence-electron chi connectivity index (χ3n) is 4.99. The van der Waals surface area contributed by atoms with E-state index in [2.05, 4.69) is 12.2 Å². The number of carbonyl (C=O) groups is 1. The molecule has 6 nitrogen and oxygen atoms in total. The quantitative estimate of drug-likeness (QED) is 0.846. The second kappa shape index (κ2) is 6.65. The number of amides is 1. The molecule has 0 bridgehead atoms. The number of benzene rings is 2. The van der Waals surface area contributed by atoms with Crippen LogP contribution < -0.4 is 15.4 Å². The van der Waals surface area contributed by atoms with Crippen LogP contribution >= 0.6 is 0 Å². The molecule has 1 heterocycles. The highest BCUT2D eigenvalue weighted by Gasteiger charge is 2.36. The number of primary sulfonamides is 1. The highest BCUT2D eigenvalue weighted by Crippen LogP contribution is 2.39. The van der Waals surface area contributed by atoms with Gasteiger partial charge in [-0.1, -0.05) is 30.3 Å². The second-order valence-corrected chi connectivity index (χ2v) is 9.12. The molecule has 1 atom stereocenters. The minimum atomic E-state index is -3.54. The molecule has 2 aliphatic rings. The molecule has 1 saturated carbocycles. The summed E-state index contributed by atoms with van der Waals surface area (Å²) in [4.78, 5) is 14.6. The summed E-state index contributed by atoms with van der Waals surface area (Å²) in [6.45, 7) is 2.74. The van der Waals surface area contributed by atoms with Crippen LogP contribution in [0.25, 0.3) is 11.1 Å². The van der Waals surface area contributed by atoms with Crippen molar-refractivity contribution in [1.29, 1.82) is 0 Å². The van der Waals surface area contributed by atoms with Crippen molar-refractivity contribution < 1.29 is 13.2 Å².